The van der Waals surface area contributed by atoms with Gasteiger partial charge < -0.3 is 9.84 Å². The summed E-state index contributed by atoms with van der Waals surface area (Å²) >= 11 is 9.14. The maximum atomic E-state index is 12.7. The fourth-order valence-corrected chi connectivity index (χ4v) is 4.56. The first kappa shape index (κ1) is 18.6. The molecule has 0 aliphatic carbocycles. The van der Waals surface area contributed by atoms with Crippen LogP contribution in [-0.2, 0) is 10.0 Å². The van der Waals surface area contributed by atoms with Gasteiger partial charge in [0.2, 0.25) is 0 Å². The van der Waals surface area contributed by atoms with Crippen molar-refractivity contribution in [2.45, 2.75) is 11.8 Å². The lowest BCUT2D eigenvalue weighted by molar-refractivity contribution is 0.0697. The van der Waals surface area contributed by atoms with Crippen molar-refractivity contribution in [1.29, 1.82) is 0 Å². The Kier molecular flexibility index (Phi) is 5.42. The molecule has 2 N–H and O–H groups in total. The number of carbonyl (C=O) groups is 1. The van der Waals surface area contributed by atoms with Crippen LogP contribution in [0.5, 0.6) is 5.75 Å². The van der Waals surface area contributed by atoms with Crippen LogP contribution in [0.2, 0.25) is 5.02 Å². The van der Waals surface area contributed by atoms with Gasteiger partial charge in [-0.25, -0.2) is 13.2 Å². The lowest BCUT2D eigenvalue weighted by atomic mass is 10.1. The van der Waals surface area contributed by atoms with Crippen molar-refractivity contribution >= 4 is 49.2 Å². The van der Waals surface area contributed by atoms with Gasteiger partial charge in [0.25, 0.3) is 10.0 Å². The zero-order chi connectivity index (χ0) is 18.1. The average Bonchev–Trinajstić information content (AvgIpc) is 2.48. The van der Waals surface area contributed by atoms with E-state index >= 15 is 0 Å². The number of hydrogen-bond acceptors (Lipinski definition) is 4. The quantitative estimate of drug-likeness (QED) is 0.744. The maximum Gasteiger partial charge on any atom is 0.335 e. The van der Waals surface area contributed by atoms with Gasteiger partial charge in [-0.15, -0.1) is 0 Å². The number of benzene rings is 2. The van der Waals surface area contributed by atoms with Crippen LogP contribution in [0.25, 0.3) is 0 Å². The summed E-state index contributed by atoms with van der Waals surface area (Å²) in [6.07, 6.45) is 0. The predicted molar refractivity (Wildman–Crippen MR) is 94.7 cm³/mol. The Bertz CT molecular complexity index is 914. The van der Waals surface area contributed by atoms with Crippen LogP contribution < -0.4 is 9.46 Å². The highest BCUT2D eigenvalue weighted by Gasteiger charge is 2.23. The standard InChI is InChI=1S/C15H13BrClNO5S/c1-8-5-9(15(19)20)3-4-12(8)18-24(21,22)13-7-10(17)6-11(16)14(13)23-2/h3-7,18H,1-2H3,(H,19,20). The van der Waals surface area contributed by atoms with E-state index in [0.29, 0.717) is 10.0 Å². The molecular formula is C15H13BrClNO5S. The molecule has 0 aliphatic rings. The van der Waals surface area contributed by atoms with Gasteiger partial charge in [0.1, 0.15) is 4.90 Å². The van der Waals surface area contributed by atoms with E-state index in [9.17, 15) is 13.2 Å². The first-order valence-electron chi connectivity index (χ1n) is 6.55. The van der Waals surface area contributed by atoms with Crippen LogP contribution in [-0.4, -0.2) is 26.6 Å². The molecule has 0 heterocycles. The number of sulfonamides is 1. The molecule has 0 aromatic heterocycles. The van der Waals surface area contributed by atoms with E-state index in [1.807, 2.05) is 0 Å². The summed E-state index contributed by atoms with van der Waals surface area (Å²) in [4.78, 5) is 10.8. The fraction of sp³-hybridized carbons (Fsp3) is 0.133. The van der Waals surface area contributed by atoms with Crippen molar-refractivity contribution < 1.29 is 23.1 Å². The van der Waals surface area contributed by atoms with E-state index < -0.39 is 16.0 Å². The van der Waals surface area contributed by atoms with E-state index in [-0.39, 0.29) is 26.9 Å². The molecule has 0 bridgehead atoms. The Hall–Kier alpha value is -1.77. The van der Waals surface area contributed by atoms with Crippen molar-refractivity contribution in [2.24, 2.45) is 0 Å². The molecule has 2 aromatic rings. The fourth-order valence-electron chi connectivity index (χ4n) is 2.05. The SMILES string of the molecule is COc1c(Br)cc(Cl)cc1S(=O)(=O)Nc1ccc(C(=O)O)cc1C. The van der Waals surface area contributed by atoms with Gasteiger partial charge in [-0.3, -0.25) is 4.72 Å². The highest BCUT2D eigenvalue weighted by Crippen LogP contribution is 2.36. The van der Waals surface area contributed by atoms with Crippen LogP contribution in [0.4, 0.5) is 5.69 Å². The Morgan fingerprint density at radius 1 is 1.29 bits per heavy atom. The minimum absolute atomic E-state index is 0.0681. The molecule has 0 amide bonds. The normalized spacial score (nSPS) is 11.2. The van der Waals surface area contributed by atoms with Crippen LogP contribution in [0, 0.1) is 6.92 Å². The molecule has 0 aliphatic heterocycles. The number of rotatable bonds is 5. The number of aryl methyl sites for hydroxylation is 1. The number of ether oxygens (including phenoxy) is 1. The number of carboxylic acids is 1. The van der Waals surface area contributed by atoms with Gasteiger partial charge in [-0.2, -0.15) is 0 Å². The third kappa shape index (κ3) is 3.82. The first-order valence-corrected chi connectivity index (χ1v) is 9.21. The first-order chi connectivity index (χ1) is 11.2. The van der Waals surface area contributed by atoms with E-state index in [1.54, 1.807) is 6.92 Å². The molecule has 0 unspecified atom stereocenters. The molecule has 6 nitrogen and oxygen atoms in total. The van der Waals surface area contributed by atoms with E-state index in [4.69, 9.17) is 21.4 Å². The molecular weight excluding hydrogens is 422 g/mol. The molecule has 2 aromatic carbocycles. The van der Waals surface area contributed by atoms with Gasteiger partial charge in [-0.1, -0.05) is 11.6 Å². The third-order valence-corrected chi connectivity index (χ3v) is 5.36. The van der Waals surface area contributed by atoms with Gasteiger partial charge in [0.15, 0.2) is 5.75 Å². The maximum absolute atomic E-state index is 12.7. The Morgan fingerprint density at radius 3 is 2.50 bits per heavy atom. The van der Waals surface area contributed by atoms with Gasteiger partial charge >= 0.3 is 5.97 Å². The molecule has 0 saturated carbocycles. The molecule has 0 radical (unpaired) electrons. The number of carboxylic acid groups (broad SMARTS) is 1. The van der Waals surface area contributed by atoms with Gasteiger partial charge in [0.05, 0.1) is 22.8 Å². The predicted octanol–water partition coefficient (Wildman–Crippen LogP) is 3.92. The molecule has 0 atom stereocenters. The Labute approximate surface area is 152 Å². The van der Waals surface area contributed by atoms with Crippen molar-refractivity contribution in [1.82, 2.24) is 0 Å². The van der Waals surface area contributed by atoms with Gasteiger partial charge in [0, 0.05) is 5.02 Å². The van der Waals surface area contributed by atoms with E-state index in [0.717, 1.165) is 0 Å². The molecule has 0 spiro atoms. The smallest absolute Gasteiger partial charge is 0.335 e. The highest BCUT2D eigenvalue weighted by atomic mass is 79.9. The van der Waals surface area contributed by atoms with Crippen molar-refractivity contribution in [2.75, 3.05) is 11.8 Å². The molecule has 128 valence electrons. The number of nitrogens with one attached hydrogen (secondary N) is 1. The number of halogens is 2. The van der Waals surface area contributed by atoms with Gasteiger partial charge in [-0.05, 0) is 58.7 Å². The Balaban J connectivity index is 2.48. The third-order valence-electron chi connectivity index (χ3n) is 3.19. The minimum atomic E-state index is -3.99. The largest absolute Gasteiger partial charge is 0.494 e. The number of methoxy groups -OCH3 is 1. The lowest BCUT2D eigenvalue weighted by Crippen LogP contribution is -2.15. The minimum Gasteiger partial charge on any atom is -0.494 e. The van der Waals surface area contributed by atoms with Crippen molar-refractivity contribution in [3.8, 4) is 5.75 Å². The van der Waals surface area contributed by atoms with Crippen LogP contribution >= 0.6 is 27.5 Å². The molecule has 9 heteroatoms. The molecule has 2 rings (SSSR count). The highest BCUT2D eigenvalue weighted by molar-refractivity contribution is 9.10. The summed E-state index contributed by atoms with van der Waals surface area (Å²) < 4.78 is 33.3. The summed E-state index contributed by atoms with van der Waals surface area (Å²) in [5.41, 5.74) is 0.801. The summed E-state index contributed by atoms with van der Waals surface area (Å²) in [6, 6.07) is 6.88. The molecule has 0 saturated heterocycles. The van der Waals surface area contributed by atoms with E-state index in [1.165, 1.54) is 37.4 Å². The number of anilines is 1. The number of hydrogen-bond donors (Lipinski definition) is 2. The number of aromatic carboxylic acids is 1. The monoisotopic (exact) mass is 433 g/mol. The van der Waals surface area contributed by atoms with E-state index in [2.05, 4.69) is 20.7 Å². The second-order valence-electron chi connectivity index (χ2n) is 4.86. The summed E-state index contributed by atoms with van der Waals surface area (Å²) in [5.74, 6) is -0.973. The molecule has 0 fully saturated rings. The van der Waals surface area contributed by atoms with Crippen molar-refractivity contribution in [3.05, 3.63) is 51.0 Å². The zero-order valence-corrected chi connectivity index (χ0v) is 15.8. The zero-order valence-electron chi connectivity index (χ0n) is 12.6. The van der Waals surface area contributed by atoms with Crippen LogP contribution in [0.15, 0.2) is 39.7 Å². The summed E-state index contributed by atoms with van der Waals surface area (Å²) in [6.45, 7) is 1.61. The Morgan fingerprint density at radius 2 is 1.96 bits per heavy atom. The second kappa shape index (κ2) is 7.00. The summed E-state index contributed by atoms with van der Waals surface area (Å²) in [5, 5.41) is 9.19. The summed E-state index contributed by atoms with van der Waals surface area (Å²) in [7, 11) is -2.65. The average molecular weight is 435 g/mol. The lowest BCUT2D eigenvalue weighted by Gasteiger charge is -2.15. The molecule has 24 heavy (non-hydrogen) atoms. The van der Waals surface area contributed by atoms with Crippen LogP contribution in [0.3, 0.4) is 0 Å². The van der Waals surface area contributed by atoms with Crippen LogP contribution in [0.1, 0.15) is 15.9 Å². The second-order valence-corrected chi connectivity index (χ2v) is 7.80. The topological polar surface area (TPSA) is 92.7 Å². The van der Waals surface area contributed by atoms with Crippen molar-refractivity contribution in [3.63, 3.8) is 0 Å².